The zero-order valence-electron chi connectivity index (χ0n) is 11.1. The Kier molecular flexibility index (Phi) is 7.41. The fourth-order valence-electron chi connectivity index (χ4n) is 2.52. The van der Waals surface area contributed by atoms with E-state index in [0.29, 0.717) is 13.0 Å². The molecule has 0 unspecified atom stereocenters. The predicted molar refractivity (Wildman–Crippen MR) is 79.8 cm³/mol. The van der Waals surface area contributed by atoms with Gasteiger partial charge in [-0.05, 0) is 18.4 Å². The Hall–Kier alpha value is -0.780. The first kappa shape index (κ1) is 18.2. The zero-order chi connectivity index (χ0) is 12.3. The fraction of sp³-hybridized carbons (Fsp3) is 0.667. The highest BCUT2D eigenvalue weighted by molar-refractivity contribution is 5.85. The Labute approximate surface area is 126 Å². The Morgan fingerprint density at radius 3 is 2.58 bits per heavy atom. The molecule has 0 aromatic carbocycles. The molecule has 0 radical (unpaired) electrons. The highest BCUT2D eigenvalue weighted by Gasteiger charge is 2.33. The van der Waals surface area contributed by atoms with Crippen molar-refractivity contribution in [3.8, 4) is 0 Å². The van der Waals surface area contributed by atoms with Crippen LogP contribution in [0.4, 0.5) is 0 Å². The van der Waals surface area contributed by atoms with Crippen LogP contribution in [0.3, 0.4) is 0 Å². The number of aromatic nitrogens is 2. The van der Waals surface area contributed by atoms with Crippen molar-refractivity contribution in [3.05, 3.63) is 18.0 Å². The molecular weight excluding hydrogens is 287 g/mol. The molecule has 3 N–H and O–H groups in total. The molecule has 0 bridgehead atoms. The number of carbonyl (C=O) groups excluding carboxylic acids is 1. The molecule has 0 saturated heterocycles. The first-order chi connectivity index (χ1) is 8.13. The van der Waals surface area contributed by atoms with Gasteiger partial charge in [0.2, 0.25) is 5.91 Å². The lowest BCUT2D eigenvalue weighted by Gasteiger charge is -2.28. The van der Waals surface area contributed by atoms with E-state index in [-0.39, 0.29) is 36.3 Å². The van der Waals surface area contributed by atoms with E-state index < -0.39 is 0 Å². The molecule has 1 aliphatic rings. The minimum Gasteiger partial charge on any atom is -0.349 e. The number of rotatable bonds is 4. The molecular formula is C12H22Cl2N4O. The molecule has 110 valence electrons. The summed E-state index contributed by atoms with van der Waals surface area (Å²) in [5, 5.41) is 7.15. The Balaban J connectivity index is 0.00000162. The van der Waals surface area contributed by atoms with Gasteiger partial charge >= 0.3 is 0 Å². The molecule has 1 saturated carbocycles. The van der Waals surface area contributed by atoms with Crippen molar-refractivity contribution in [2.45, 2.75) is 37.6 Å². The molecule has 19 heavy (non-hydrogen) atoms. The van der Waals surface area contributed by atoms with Crippen molar-refractivity contribution in [3.63, 3.8) is 0 Å². The molecule has 7 heteroatoms. The smallest absolute Gasteiger partial charge is 0.225 e. The van der Waals surface area contributed by atoms with Gasteiger partial charge in [-0.25, -0.2) is 0 Å². The van der Waals surface area contributed by atoms with E-state index in [1.54, 1.807) is 10.9 Å². The van der Waals surface area contributed by atoms with E-state index in [1.807, 2.05) is 13.2 Å². The van der Waals surface area contributed by atoms with Gasteiger partial charge < -0.3 is 11.1 Å². The predicted octanol–water partition coefficient (Wildman–Crippen LogP) is 1.19. The summed E-state index contributed by atoms with van der Waals surface area (Å²) in [4.78, 5) is 11.9. The van der Waals surface area contributed by atoms with Crippen LogP contribution < -0.4 is 11.1 Å². The maximum absolute atomic E-state index is 11.9. The van der Waals surface area contributed by atoms with Crippen LogP contribution >= 0.6 is 24.8 Å². The molecule has 0 atom stereocenters. The van der Waals surface area contributed by atoms with Crippen molar-refractivity contribution in [1.29, 1.82) is 0 Å². The molecule has 1 fully saturated rings. The summed E-state index contributed by atoms with van der Waals surface area (Å²) >= 11 is 0. The summed E-state index contributed by atoms with van der Waals surface area (Å²) in [6.45, 7) is 0.534. The Morgan fingerprint density at radius 1 is 1.47 bits per heavy atom. The van der Waals surface area contributed by atoms with E-state index in [0.717, 1.165) is 31.2 Å². The number of carbonyl (C=O) groups is 1. The van der Waals surface area contributed by atoms with E-state index in [9.17, 15) is 4.79 Å². The maximum atomic E-state index is 11.9. The van der Waals surface area contributed by atoms with Crippen LogP contribution in [0.2, 0.25) is 0 Å². The van der Waals surface area contributed by atoms with Crippen molar-refractivity contribution in [2.75, 3.05) is 6.54 Å². The van der Waals surface area contributed by atoms with Gasteiger partial charge in [0, 0.05) is 19.8 Å². The van der Waals surface area contributed by atoms with E-state index in [1.165, 1.54) is 0 Å². The largest absolute Gasteiger partial charge is 0.349 e. The molecule has 1 amide bonds. The summed E-state index contributed by atoms with van der Waals surface area (Å²) in [6, 6.07) is 0. The average Bonchev–Trinajstić information content (AvgIpc) is 2.89. The minimum absolute atomic E-state index is 0. The van der Waals surface area contributed by atoms with E-state index in [4.69, 9.17) is 5.73 Å². The lowest BCUT2D eigenvalue weighted by atomic mass is 9.97. The fourth-order valence-corrected chi connectivity index (χ4v) is 2.52. The van der Waals surface area contributed by atoms with Crippen molar-refractivity contribution in [1.82, 2.24) is 15.1 Å². The first-order valence-corrected chi connectivity index (χ1v) is 6.12. The highest BCUT2D eigenvalue weighted by Crippen LogP contribution is 2.28. The van der Waals surface area contributed by atoms with Crippen LogP contribution in [-0.4, -0.2) is 27.8 Å². The number of nitrogens with zero attached hydrogens (tertiary/aromatic N) is 2. The Morgan fingerprint density at radius 2 is 2.11 bits per heavy atom. The summed E-state index contributed by atoms with van der Waals surface area (Å²) in [7, 11) is 1.85. The van der Waals surface area contributed by atoms with Crippen LogP contribution in [0.5, 0.6) is 0 Å². The maximum Gasteiger partial charge on any atom is 0.225 e. The van der Waals surface area contributed by atoms with Gasteiger partial charge in [-0.15, -0.1) is 24.8 Å². The SMILES string of the molecule is Cl.Cl.Cn1cc(CC(=O)NC2(CN)CCCC2)cn1. The van der Waals surface area contributed by atoms with Crippen LogP contribution in [0.25, 0.3) is 0 Å². The molecule has 0 spiro atoms. The summed E-state index contributed by atoms with van der Waals surface area (Å²) in [6.07, 6.45) is 8.29. The lowest BCUT2D eigenvalue weighted by molar-refractivity contribution is -0.122. The number of aryl methyl sites for hydroxylation is 1. The van der Waals surface area contributed by atoms with Crippen LogP contribution in [0.1, 0.15) is 31.2 Å². The highest BCUT2D eigenvalue weighted by atomic mass is 35.5. The van der Waals surface area contributed by atoms with E-state index in [2.05, 4.69) is 10.4 Å². The van der Waals surface area contributed by atoms with Gasteiger partial charge in [0.25, 0.3) is 0 Å². The second kappa shape index (κ2) is 7.72. The topological polar surface area (TPSA) is 72.9 Å². The molecule has 1 heterocycles. The van der Waals surface area contributed by atoms with Crippen LogP contribution in [-0.2, 0) is 18.3 Å². The number of hydrogen-bond donors (Lipinski definition) is 2. The molecule has 5 nitrogen and oxygen atoms in total. The second-order valence-corrected chi connectivity index (χ2v) is 4.94. The minimum atomic E-state index is -0.153. The molecule has 1 aliphatic carbocycles. The quantitative estimate of drug-likeness (QED) is 0.877. The summed E-state index contributed by atoms with van der Waals surface area (Å²) < 4.78 is 1.71. The van der Waals surface area contributed by atoms with Crippen molar-refractivity contribution in [2.24, 2.45) is 12.8 Å². The third-order valence-electron chi connectivity index (χ3n) is 3.48. The monoisotopic (exact) mass is 308 g/mol. The normalized spacial score (nSPS) is 16.3. The third kappa shape index (κ3) is 4.67. The third-order valence-corrected chi connectivity index (χ3v) is 3.48. The molecule has 1 aromatic heterocycles. The first-order valence-electron chi connectivity index (χ1n) is 6.12. The van der Waals surface area contributed by atoms with Crippen LogP contribution in [0.15, 0.2) is 12.4 Å². The van der Waals surface area contributed by atoms with Crippen molar-refractivity contribution < 1.29 is 4.79 Å². The van der Waals surface area contributed by atoms with Crippen LogP contribution in [0, 0.1) is 0 Å². The molecule has 2 rings (SSSR count). The standard InChI is InChI=1S/C12H20N4O.2ClH/c1-16-8-10(7-14-16)6-11(17)15-12(9-13)4-2-3-5-12;;/h7-8H,2-6,9,13H2,1H3,(H,15,17);2*1H. The second-order valence-electron chi connectivity index (χ2n) is 4.94. The number of nitrogens with two attached hydrogens (primary N) is 1. The number of halogens is 2. The van der Waals surface area contributed by atoms with Crippen molar-refractivity contribution >= 4 is 30.7 Å². The molecule has 0 aliphatic heterocycles. The van der Waals surface area contributed by atoms with E-state index >= 15 is 0 Å². The Bertz CT molecular complexity index is 402. The number of nitrogens with one attached hydrogen (secondary N) is 1. The van der Waals surface area contributed by atoms with Gasteiger partial charge in [0.1, 0.15) is 0 Å². The lowest BCUT2D eigenvalue weighted by Crippen LogP contribution is -2.52. The summed E-state index contributed by atoms with van der Waals surface area (Å²) in [5.41, 5.74) is 6.57. The zero-order valence-corrected chi connectivity index (χ0v) is 12.7. The number of amides is 1. The average molecular weight is 309 g/mol. The molecule has 1 aromatic rings. The van der Waals surface area contributed by atoms with Gasteiger partial charge in [0.15, 0.2) is 0 Å². The van der Waals surface area contributed by atoms with Gasteiger partial charge in [-0.1, -0.05) is 12.8 Å². The van der Waals surface area contributed by atoms with Gasteiger partial charge in [0.05, 0.1) is 18.2 Å². The summed E-state index contributed by atoms with van der Waals surface area (Å²) in [5.74, 6) is 0.0466. The van der Waals surface area contributed by atoms with Gasteiger partial charge in [-0.2, -0.15) is 5.10 Å². The number of hydrogen-bond acceptors (Lipinski definition) is 3. The van der Waals surface area contributed by atoms with Gasteiger partial charge in [-0.3, -0.25) is 9.48 Å².